The maximum atomic E-state index is 12.8. The Morgan fingerprint density at radius 3 is 2.38 bits per heavy atom. The summed E-state index contributed by atoms with van der Waals surface area (Å²) in [6.07, 6.45) is 0.457. The molecule has 5 aromatic rings. The maximum absolute atomic E-state index is 12.8. The van der Waals surface area contributed by atoms with Crippen molar-refractivity contribution in [3.05, 3.63) is 88.3 Å². The molecule has 0 unspecified atom stereocenters. The van der Waals surface area contributed by atoms with E-state index in [1.807, 2.05) is 60.7 Å². The molecule has 0 atom stereocenters. The van der Waals surface area contributed by atoms with Crippen molar-refractivity contribution in [1.29, 1.82) is 0 Å². The minimum atomic E-state index is -0.160. The molecule has 0 aliphatic carbocycles. The number of furan rings is 1. The molecule has 0 aliphatic rings. The van der Waals surface area contributed by atoms with Crippen molar-refractivity contribution in [1.82, 2.24) is 9.78 Å². The van der Waals surface area contributed by atoms with E-state index < -0.39 is 0 Å². The lowest BCUT2D eigenvalue weighted by Crippen LogP contribution is -2.22. The zero-order chi connectivity index (χ0) is 20.0. The fourth-order valence-electron chi connectivity index (χ4n) is 3.86. The number of nitrogens with zero attached hydrogens (tertiary/aromatic N) is 2. The molecular formula is C24H18N2O3. The molecule has 0 amide bonds. The van der Waals surface area contributed by atoms with Crippen molar-refractivity contribution >= 4 is 38.5 Å². The average molecular weight is 382 g/mol. The molecule has 0 fully saturated rings. The summed E-state index contributed by atoms with van der Waals surface area (Å²) in [5, 5.41) is 7.75. The maximum Gasteiger partial charge on any atom is 0.274 e. The lowest BCUT2D eigenvalue weighted by atomic mass is 10.0. The number of carbonyl (C=O) groups is 1. The van der Waals surface area contributed by atoms with Crippen LogP contribution in [0.4, 0.5) is 0 Å². The summed E-state index contributed by atoms with van der Waals surface area (Å²) in [6.45, 7) is 0. The molecule has 5 heteroatoms. The molecule has 2 heterocycles. The van der Waals surface area contributed by atoms with Gasteiger partial charge in [-0.1, -0.05) is 48.5 Å². The third-order valence-electron chi connectivity index (χ3n) is 5.24. The second-order valence-corrected chi connectivity index (χ2v) is 7.24. The third-order valence-corrected chi connectivity index (χ3v) is 5.24. The molecule has 0 bridgehead atoms. The molecular weight excluding hydrogens is 364 g/mol. The molecule has 0 saturated heterocycles. The van der Waals surface area contributed by atoms with Gasteiger partial charge in [0.15, 0.2) is 0 Å². The molecule has 0 saturated carbocycles. The van der Waals surface area contributed by atoms with Crippen molar-refractivity contribution in [2.75, 3.05) is 0 Å². The number of hydrogen-bond acceptors (Lipinski definition) is 4. The summed E-state index contributed by atoms with van der Waals surface area (Å²) in [6, 6.07) is 21.1. The summed E-state index contributed by atoms with van der Waals surface area (Å²) in [7, 11) is 1.61. The average Bonchev–Trinajstić information content (AvgIpc) is 3.09. The van der Waals surface area contributed by atoms with Crippen molar-refractivity contribution in [3.63, 3.8) is 0 Å². The first-order chi connectivity index (χ1) is 14.1. The van der Waals surface area contributed by atoms with Crippen molar-refractivity contribution < 1.29 is 9.21 Å². The third kappa shape index (κ3) is 3.01. The number of para-hydroxylation sites is 1. The van der Waals surface area contributed by atoms with E-state index in [0.29, 0.717) is 11.1 Å². The van der Waals surface area contributed by atoms with Gasteiger partial charge in [0.25, 0.3) is 5.56 Å². The molecule has 0 aliphatic heterocycles. The first-order valence-electron chi connectivity index (χ1n) is 9.47. The number of carbonyl (C=O) groups excluding carboxylic acids is 1. The smallest absolute Gasteiger partial charge is 0.274 e. The minimum Gasteiger partial charge on any atom is -0.456 e. The quantitative estimate of drug-likeness (QED) is 0.468. The Morgan fingerprint density at radius 1 is 0.862 bits per heavy atom. The van der Waals surface area contributed by atoms with E-state index in [4.69, 9.17) is 4.42 Å². The lowest BCUT2D eigenvalue weighted by Gasteiger charge is -2.08. The van der Waals surface area contributed by atoms with Crippen LogP contribution < -0.4 is 5.56 Å². The summed E-state index contributed by atoms with van der Waals surface area (Å²) >= 11 is 0. The van der Waals surface area contributed by atoms with Gasteiger partial charge in [-0.05, 0) is 23.8 Å². The summed E-state index contributed by atoms with van der Waals surface area (Å²) < 4.78 is 7.21. The van der Waals surface area contributed by atoms with Gasteiger partial charge < -0.3 is 4.42 Å². The summed E-state index contributed by atoms with van der Waals surface area (Å²) in [5.41, 5.74) is 2.98. The van der Waals surface area contributed by atoms with Crippen LogP contribution in [0.3, 0.4) is 0 Å². The van der Waals surface area contributed by atoms with E-state index in [0.717, 1.165) is 32.9 Å². The number of rotatable bonds is 4. The lowest BCUT2D eigenvalue weighted by molar-refractivity contribution is -0.117. The van der Waals surface area contributed by atoms with E-state index in [-0.39, 0.29) is 24.2 Å². The molecule has 3 aromatic carbocycles. The van der Waals surface area contributed by atoms with E-state index in [9.17, 15) is 9.59 Å². The Kier molecular flexibility index (Phi) is 4.02. The second-order valence-electron chi connectivity index (χ2n) is 7.24. The first-order valence-corrected chi connectivity index (χ1v) is 9.47. The van der Waals surface area contributed by atoms with Crippen LogP contribution in [0.2, 0.25) is 0 Å². The monoisotopic (exact) mass is 382 g/mol. The van der Waals surface area contributed by atoms with Crippen LogP contribution in [0, 0.1) is 0 Å². The number of ketones is 1. The molecule has 5 rings (SSSR count). The van der Waals surface area contributed by atoms with Crippen LogP contribution >= 0.6 is 0 Å². The van der Waals surface area contributed by atoms with Gasteiger partial charge in [-0.2, -0.15) is 5.10 Å². The number of hydrogen-bond donors (Lipinski definition) is 0. The molecule has 0 N–H and O–H groups in total. The van der Waals surface area contributed by atoms with E-state index in [1.54, 1.807) is 13.1 Å². The zero-order valence-electron chi connectivity index (χ0n) is 15.9. The number of aryl methyl sites for hydroxylation is 1. The van der Waals surface area contributed by atoms with Gasteiger partial charge in [0.05, 0.1) is 17.5 Å². The molecule has 142 valence electrons. The van der Waals surface area contributed by atoms with Crippen LogP contribution in [-0.4, -0.2) is 15.6 Å². The van der Waals surface area contributed by atoms with Crippen molar-refractivity contribution in [2.24, 2.45) is 7.05 Å². The fourth-order valence-corrected chi connectivity index (χ4v) is 3.86. The number of aromatic nitrogens is 2. The van der Waals surface area contributed by atoms with Gasteiger partial charge in [-0.25, -0.2) is 4.68 Å². The van der Waals surface area contributed by atoms with Crippen LogP contribution in [0.25, 0.3) is 32.7 Å². The topological polar surface area (TPSA) is 65.1 Å². The standard InChI is InChI=1S/C24H18N2O3/c1-26-24(28)20-8-3-2-6-17(20)21(25-26)14-16(27)12-15-10-11-19-18-7-4-5-9-22(18)29-23(19)13-15/h2-11,13H,12,14H2,1H3. The first kappa shape index (κ1) is 17.4. The molecule has 5 nitrogen and oxygen atoms in total. The van der Waals surface area contributed by atoms with E-state index >= 15 is 0 Å². The predicted octanol–water partition coefficient (Wildman–Crippen LogP) is 4.19. The highest BCUT2D eigenvalue weighted by molar-refractivity contribution is 6.05. The Hall–Kier alpha value is -3.73. The van der Waals surface area contributed by atoms with Gasteiger partial charge in [-0.15, -0.1) is 0 Å². The van der Waals surface area contributed by atoms with Gasteiger partial charge in [0.1, 0.15) is 16.9 Å². The second kappa shape index (κ2) is 6.71. The van der Waals surface area contributed by atoms with E-state index in [2.05, 4.69) is 5.10 Å². The highest BCUT2D eigenvalue weighted by Crippen LogP contribution is 2.29. The fraction of sp³-hybridized carbons (Fsp3) is 0.125. The van der Waals surface area contributed by atoms with E-state index in [1.165, 1.54) is 4.68 Å². The van der Waals surface area contributed by atoms with Crippen LogP contribution in [0.1, 0.15) is 11.3 Å². The van der Waals surface area contributed by atoms with Crippen LogP contribution in [-0.2, 0) is 24.7 Å². The summed E-state index contributed by atoms with van der Waals surface area (Å²) in [4.78, 5) is 25.0. The highest BCUT2D eigenvalue weighted by atomic mass is 16.3. The van der Waals surface area contributed by atoms with Crippen molar-refractivity contribution in [3.8, 4) is 0 Å². The van der Waals surface area contributed by atoms with Gasteiger partial charge in [0, 0.05) is 29.6 Å². The minimum absolute atomic E-state index is 0.0387. The van der Waals surface area contributed by atoms with Crippen molar-refractivity contribution in [2.45, 2.75) is 12.8 Å². The number of Topliss-reactive ketones (excluding diaryl/α,β-unsaturated/α-hetero) is 1. The van der Waals surface area contributed by atoms with Gasteiger partial charge >= 0.3 is 0 Å². The summed E-state index contributed by atoms with van der Waals surface area (Å²) in [5.74, 6) is 0.0387. The predicted molar refractivity (Wildman–Crippen MR) is 113 cm³/mol. The highest BCUT2D eigenvalue weighted by Gasteiger charge is 2.14. The molecule has 29 heavy (non-hydrogen) atoms. The molecule has 0 radical (unpaired) electrons. The van der Waals surface area contributed by atoms with Crippen LogP contribution in [0.5, 0.6) is 0 Å². The largest absolute Gasteiger partial charge is 0.456 e. The normalized spacial score (nSPS) is 11.5. The SMILES string of the molecule is Cn1nc(CC(=O)Cc2ccc3c(c2)oc2ccccc23)c2ccccc2c1=O. The van der Waals surface area contributed by atoms with Gasteiger partial charge in [0.2, 0.25) is 0 Å². The molecule has 0 spiro atoms. The van der Waals surface area contributed by atoms with Crippen LogP contribution in [0.15, 0.2) is 75.9 Å². The number of fused-ring (bicyclic) bond motifs is 4. The Bertz CT molecular complexity index is 1460. The van der Waals surface area contributed by atoms with Gasteiger partial charge in [-0.3, -0.25) is 9.59 Å². The Morgan fingerprint density at radius 2 is 1.55 bits per heavy atom. The Labute approximate surface area is 166 Å². The zero-order valence-corrected chi connectivity index (χ0v) is 15.9. The molecule has 2 aromatic heterocycles. The Balaban J connectivity index is 1.45. The number of benzene rings is 3.